The number of amides is 1. The van der Waals surface area contributed by atoms with Crippen LogP contribution in [0.25, 0.3) is 22.3 Å². The Hall–Kier alpha value is -3.61. The van der Waals surface area contributed by atoms with Gasteiger partial charge in [-0.25, -0.2) is 9.18 Å². The molecule has 0 aliphatic carbocycles. The number of carbonyl (C=O) groups is 2. The number of phenols is 1. The Morgan fingerprint density at radius 2 is 1.93 bits per heavy atom. The Morgan fingerprint density at radius 3 is 2.57 bits per heavy atom. The largest absolute Gasteiger partial charge is 0.508 e. The van der Waals surface area contributed by atoms with Crippen molar-refractivity contribution in [1.29, 1.82) is 0 Å². The number of aromatic hydroxyl groups is 1. The molecule has 1 aromatic heterocycles. The van der Waals surface area contributed by atoms with Crippen LogP contribution in [0.15, 0.2) is 53.0 Å². The predicted octanol–water partition coefficient (Wildman–Crippen LogP) is 3.58. The molecule has 7 heteroatoms. The molecule has 28 heavy (non-hydrogen) atoms. The van der Waals surface area contributed by atoms with Crippen LogP contribution in [0, 0.1) is 5.82 Å². The van der Waals surface area contributed by atoms with Crippen LogP contribution in [0.4, 0.5) is 4.39 Å². The maximum atomic E-state index is 13.3. The molecule has 3 rings (SSSR count). The summed E-state index contributed by atoms with van der Waals surface area (Å²) in [5.74, 6) is -1.14. The Bertz CT molecular complexity index is 1070. The van der Waals surface area contributed by atoms with Crippen LogP contribution < -0.4 is 5.32 Å². The molecule has 3 aromatic rings. The maximum absolute atomic E-state index is 13.3. The Morgan fingerprint density at radius 1 is 1.21 bits per heavy atom. The van der Waals surface area contributed by atoms with Gasteiger partial charge in [0.25, 0.3) is 5.91 Å². The summed E-state index contributed by atoms with van der Waals surface area (Å²) < 4.78 is 23.7. The zero-order chi connectivity index (χ0) is 20.3. The van der Waals surface area contributed by atoms with Gasteiger partial charge in [0.1, 0.15) is 22.9 Å². The molecule has 0 atom stereocenters. The van der Waals surface area contributed by atoms with E-state index in [2.05, 4.69) is 10.1 Å². The number of furan rings is 1. The number of esters is 1. The van der Waals surface area contributed by atoms with Gasteiger partial charge in [0.2, 0.25) is 0 Å². The molecule has 0 aliphatic heterocycles. The lowest BCUT2D eigenvalue weighted by Gasteiger charge is -2.06. The highest BCUT2D eigenvalue weighted by atomic mass is 19.1. The van der Waals surface area contributed by atoms with E-state index in [-0.39, 0.29) is 23.5 Å². The lowest BCUT2D eigenvalue weighted by molar-refractivity contribution is -0.134. The third kappa shape index (κ3) is 3.59. The van der Waals surface area contributed by atoms with E-state index in [1.807, 2.05) is 0 Å². The number of nitrogens with one attached hydrogen (secondary N) is 1. The third-order valence-electron chi connectivity index (χ3n) is 4.28. The second-order valence-electron chi connectivity index (χ2n) is 5.96. The van der Waals surface area contributed by atoms with Crippen molar-refractivity contribution in [3.05, 3.63) is 65.5 Å². The van der Waals surface area contributed by atoms with E-state index in [0.29, 0.717) is 22.1 Å². The van der Waals surface area contributed by atoms with Crippen molar-refractivity contribution in [3.8, 4) is 17.1 Å². The third-order valence-corrected chi connectivity index (χ3v) is 4.28. The van der Waals surface area contributed by atoms with Gasteiger partial charge in [0, 0.05) is 29.6 Å². The minimum absolute atomic E-state index is 0.0429. The highest BCUT2D eigenvalue weighted by Crippen LogP contribution is 2.39. The maximum Gasteiger partial charge on any atom is 0.330 e. The van der Waals surface area contributed by atoms with Gasteiger partial charge >= 0.3 is 5.97 Å². The summed E-state index contributed by atoms with van der Waals surface area (Å²) in [5.41, 5.74) is 1.55. The monoisotopic (exact) mass is 383 g/mol. The average molecular weight is 383 g/mol. The van der Waals surface area contributed by atoms with Gasteiger partial charge in [-0.15, -0.1) is 0 Å². The SMILES string of the molecule is CNC(=O)c1c(-c2ccc(F)cc2)oc2ccc(O)c(C/C=C/C(=O)OC)c12. The molecule has 0 unspecified atom stereocenters. The second kappa shape index (κ2) is 7.96. The zero-order valence-electron chi connectivity index (χ0n) is 15.3. The van der Waals surface area contributed by atoms with Crippen LogP contribution >= 0.6 is 0 Å². The van der Waals surface area contributed by atoms with Crippen LogP contribution in [0.1, 0.15) is 15.9 Å². The van der Waals surface area contributed by atoms with E-state index in [1.165, 1.54) is 56.6 Å². The summed E-state index contributed by atoms with van der Waals surface area (Å²) >= 11 is 0. The van der Waals surface area contributed by atoms with Crippen molar-refractivity contribution >= 4 is 22.8 Å². The van der Waals surface area contributed by atoms with E-state index < -0.39 is 17.7 Å². The fourth-order valence-corrected chi connectivity index (χ4v) is 2.94. The van der Waals surface area contributed by atoms with Crippen LogP contribution in [0.2, 0.25) is 0 Å². The first-order valence-electron chi connectivity index (χ1n) is 8.46. The van der Waals surface area contributed by atoms with Gasteiger partial charge in [0.05, 0.1) is 12.7 Å². The number of rotatable bonds is 5. The lowest BCUT2D eigenvalue weighted by atomic mass is 9.98. The quantitative estimate of drug-likeness (QED) is 0.519. The Balaban J connectivity index is 2.22. The van der Waals surface area contributed by atoms with Crippen molar-refractivity contribution in [3.63, 3.8) is 0 Å². The van der Waals surface area contributed by atoms with E-state index in [0.717, 1.165) is 0 Å². The second-order valence-corrected chi connectivity index (χ2v) is 5.96. The fourth-order valence-electron chi connectivity index (χ4n) is 2.94. The van der Waals surface area contributed by atoms with Crippen LogP contribution in [0.5, 0.6) is 5.75 Å². The molecule has 0 spiro atoms. The number of methoxy groups -OCH3 is 1. The summed E-state index contributed by atoms with van der Waals surface area (Å²) in [4.78, 5) is 23.9. The topological polar surface area (TPSA) is 88.8 Å². The van der Waals surface area contributed by atoms with Gasteiger partial charge in [-0.05, 0) is 42.8 Å². The molecule has 0 saturated heterocycles. The van der Waals surface area contributed by atoms with Gasteiger partial charge in [-0.1, -0.05) is 6.08 Å². The molecule has 1 amide bonds. The number of hydrogen-bond donors (Lipinski definition) is 2. The van der Waals surface area contributed by atoms with Gasteiger partial charge in [-0.3, -0.25) is 4.79 Å². The number of phenolic OH excluding ortho intramolecular Hbond substituents is 1. The van der Waals surface area contributed by atoms with Crippen molar-refractivity contribution in [2.45, 2.75) is 6.42 Å². The summed E-state index contributed by atoms with van der Waals surface area (Å²) in [6, 6.07) is 8.57. The number of hydrogen-bond acceptors (Lipinski definition) is 5. The minimum atomic E-state index is -0.530. The minimum Gasteiger partial charge on any atom is -0.508 e. The van der Waals surface area contributed by atoms with E-state index in [1.54, 1.807) is 6.07 Å². The van der Waals surface area contributed by atoms with E-state index >= 15 is 0 Å². The zero-order valence-corrected chi connectivity index (χ0v) is 15.3. The van der Waals surface area contributed by atoms with Crippen molar-refractivity contribution in [1.82, 2.24) is 5.32 Å². The van der Waals surface area contributed by atoms with Gasteiger partial charge in [0.15, 0.2) is 0 Å². The number of fused-ring (bicyclic) bond motifs is 1. The molecular weight excluding hydrogens is 365 g/mol. The van der Waals surface area contributed by atoms with E-state index in [4.69, 9.17) is 4.42 Å². The predicted molar refractivity (Wildman–Crippen MR) is 102 cm³/mol. The molecule has 0 fully saturated rings. The van der Waals surface area contributed by atoms with Crippen molar-refractivity contribution in [2.75, 3.05) is 14.2 Å². The fraction of sp³-hybridized carbons (Fsp3) is 0.143. The molecule has 0 bridgehead atoms. The molecule has 1 heterocycles. The number of allylic oxidation sites excluding steroid dienone is 1. The number of benzene rings is 2. The van der Waals surface area contributed by atoms with Gasteiger partial charge < -0.3 is 19.6 Å². The molecular formula is C21H18FNO5. The first-order valence-corrected chi connectivity index (χ1v) is 8.46. The molecule has 6 nitrogen and oxygen atoms in total. The normalized spacial score (nSPS) is 11.1. The number of halogens is 1. The number of carbonyl (C=O) groups excluding carboxylic acids is 2. The molecule has 0 saturated carbocycles. The summed E-state index contributed by atoms with van der Waals surface area (Å²) in [5, 5.41) is 13.3. The molecule has 2 aromatic carbocycles. The van der Waals surface area contributed by atoms with E-state index in [9.17, 15) is 19.1 Å². The Labute approximate surface area is 160 Å². The molecule has 0 radical (unpaired) electrons. The highest BCUT2D eigenvalue weighted by molar-refractivity contribution is 6.12. The van der Waals surface area contributed by atoms with Crippen LogP contribution in [0.3, 0.4) is 0 Å². The lowest BCUT2D eigenvalue weighted by Crippen LogP contribution is -2.18. The van der Waals surface area contributed by atoms with Crippen LogP contribution in [-0.4, -0.2) is 31.1 Å². The number of ether oxygens (including phenoxy) is 1. The smallest absolute Gasteiger partial charge is 0.330 e. The molecule has 0 aliphatic rings. The molecule has 144 valence electrons. The highest BCUT2D eigenvalue weighted by Gasteiger charge is 2.24. The molecule has 2 N–H and O–H groups in total. The summed E-state index contributed by atoms with van der Waals surface area (Å²) in [6.45, 7) is 0. The average Bonchev–Trinajstić information content (AvgIpc) is 3.09. The van der Waals surface area contributed by atoms with Crippen molar-refractivity contribution in [2.24, 2.45) is 0 Å². The summed E-state index contributed by atoms with van der Waals surface area (Å²) in [7, 11) is 2.74. The first-order chi connectivity index (χ1) is 13.5. The standard InChI is InChI=1S/C21H18FNO5/c1-23-21(26)19-18-14(4-3-5-17(25)27-2)15(24)10-11-16(18)28-20(19)12-6-8-13(22)9-7-12/h3,5-11,24H,4H2,1-2H3,(H,23,26)/b5-3+. The van der Waals surface area contributed by atoms with Crippen molar-refractivity contribution < 1.29 is 28.2 Å². The summed E-state index contributed by atoms with van der Waals surface area (Å²) in [6.07, 6.45) is 2.93. The van der Waals surface area contributed by atoms with Gasteiger partial charge in [-0.2, -0.15) is 0 Å². The first kappa shape index (κ1) is 19.2. The van der Waals surface area contributed by atoms with Crippen LogP contribution in [-0.2, 0) is 16.0 Å². The Kier molecular flexibility index (Phi) is 5.44.